The second-order valence-electron chi connectivity index (χ2n) is 5.59. The number of aliphatic hydroxyl groups excluding tert-OH is 2. The van der Waals surface area contributed by atoms with Gasteiger partial charge in [0.05, 0.1) is 19.3 Å². The summed E-state index contributed by atoms with van der Waals surface area (Å²) in [4.78, 5) is 0. The second kappa shape index (κ2) is 6.61. The maximum absolute atomic E-state index is 9.21. The number of ether oxygens (including phenoxy) is 1. The Bertz CT molecular complexity index is 343. The van der Waals surface area contributed by atoms with Crippen LogP contribution in [-0.2, 0) is 0 Å². The Kier molecular flexibility index (Phi) is 5.44. The number of hydrogen-bond acceptors (Lipinski definition) is 4. The summed E-state index contributed by atoms with van der Waals surface area (Å²) >= 11 is 0. The first-order chi connectivity index (χ1) is 8.40. The molecule has 1 aromatic rings. The Balaban J connectivity index is 2.42. The van der Waals surface area contributed by atoms with Crippen LogP contribution in [0.2, 0.25) is 0 Å². The molecule has 18 heavy (non-hydrogen) atoms. The van der Waals surface area contributed by atoms with Crippen LogP contribution in [-0.4, -0.2) is 36.1 Å². The number of benzene rings is 1. The smallest absolute Gasteiger partial charge is 0.119 e. The Labute approximate surface area is 109 Å². The normalized spacial score (nSPS) is 13.2. The Hall–Kier alpha value is -1.26. The molecule has 1 rings (SSSR count). The third kappa shape index (κ3) is 5.89. The Morgan fingerprint density at radius 1 is 1.22 bits per heavy atom. The molecule has 0 aliphatic heterocycles. The molecule has 0 aliphatic carbocycles. The lowest BCUT2D eigenvalue weighted by molar-refractivity contribution is 0.105. The fourth-order valence-electron chi connectivity index (χ4n) is 1.27. The van der Waals surface area contributed by atoms with Gasteiger partial charge in [0, 0.05) is 12.2 Å². The summed E-state index contributed by atoms with van der Waals surface area (Å²) in [5.41, 5.74) is 1.04. The zero-order chi connectivity index (χ0) is 13.6. The first-order valence-electron chi connectivity index (χ1n) is 6.16. The molecule has 0 saturated heterocycles. The van der Waals surface area contributed by atoms with Crippen molar-refractivity contribution in [2.75, 3.05) is 25.1 Å². The van der Waals surface area contributed by atoms with Crippen LogP contribution in [0.4, 0.5) is 5.69 Å². The largest absolute Gasteiger partial charge is 0.493 e. The van der Waals surface area contributed by atoms with Gasteiger partial charge in [-0.3, -0.25) is 0 Å². The van der Waals surface area contributed by atoms with Crippen molar-refractivity contribution in [1.82, 2.24) is 0 Å². The molecule has 0 bridgehead atoms. The minimum absolute atomic E-state index is 0.141. The van der Waals surface area contributed by atoms with E-state index in [2.05, 4.69) is 26.1 Å². The number of aliphatic hydroxyl groups is 2. The van der Waals surface area contributed by atoms with Gasteiger partial charge in [-0.2, -0.15) is 0 Å². The highest BCUT2D eigenvalue weighted by atomic mass is 16.5. The van der Waals surface area contributed by atoms with E-state index in [0.29, 0.717) is 13.2 Å². The van der Waals surface area contributed by atoms with Crippen LogP contribution < -0.4 is 10.1 Å². The molecule has 1 atom stereocenters. The van der Waals surface area contributed by atoms with Crippen molar-refractivity contribution in [3.05, 3.63) is 24.3 Å². The first-order valence-corrected chi connectivity index (χ1v) is 6.16. The van der Waals surface area contributed by atoms with Crippen molar-refractivity contribution in [2.45, 2.75) is 26.9 Å². The molecule has 0 aliphatic rings. The summed E-state index contributed by atoms with van der Waals surface area (Å²) in [6.45, 7) is 7.14. The molecule has 0 fully saturated rings. The summed E-state index contributed by atoms with van der Waals surface area (Å²) in [6, 6.07) is 7.56. The van der Waals surface area contributed by atoms with E-state index in [1.54, 1.807) is 0 Å². The fourth-order valence-corrected chi connectivity index (χ4v) is 1.27. The van der Waals surface area contributed by atoms with E-state index >= 15 is 0 Å². The molecule has 102 valence electrons. The monoisotopic (exact) mass is 253 g/mol. The number of rotatable bonds is 6. The van der Waals surface area contributed by atoms with Crippen molar-refractivity contribution in [3.8, 4) is 5.75 Å². The van der Waals surface area contributed by atoms with E-state index in [1.807, 2.05) is 24.3 Å². The predicted octanol–water partition coefficient (Wildman–Crippen LogP) is 1.88. The van der Waals surface area contributed by atoms with Crippen molar-refractivity contribution in [1.29, 1.82) is 0 Å². The van der Waals surface area contributed by atoms with E-state index in [9.17, 15) is 5.11 Å². The maximum atomic E-state index is 9.21. The Morgan fingerprint density at radius 2 is 1.83 bits per heavy atom. The van der Waals surface area contributed by atoms with Gasteiger partial charge < -0.3 is 20.3 Å². The molecule has 0 heterocycles. The number of anilines is 1. The van der Waals surface area contributed by atoms with Crippen LogP contribution in [0.5, 0.6) is 5.75 Å². The molecule has 0 spiro atoms. The molecule has 1 unspecified atom stereocenters. The van der Waals surface area contributed by atoms with Gasteiger partial charge in [0.1, 0.15) is 5.75 Å². The summed E-state index contributed by atoms with van der Waals surface area (Å²) in [5, 5.41) is 20.9. The quantitative estimate of drug-likeness (QED) is 0.724. The van der Waals surface area contributed by atoms with Crippen molar-refractivity contribution in [3.63, 3.8) is 0 Å². The van der Waals surface area contributed by atoms with Crippen LogP contribution in [0.15, 0.2) is 24.3 Å². The highest BCUT2D eigenvalue weighted by Gasteiger charge is 2.10. The summed E-state index contributed by atoms with van der Waals surface area (Å²) < 4.78 is 5.66. The molecule has 4 heteroatoms. The predicted molar refractivity (Wildman–Crippen MR) is 73.0 cm³/mol. The van der Waals surface area contributed by atoms with Crippen LogP contribution in [0.1, 0.15) is 20.8 Å². The lowest BCUT2D eigenvalue weighted by Crippen LogP contribution is -2.22. The van der Waals surface area contributed by atoms with Gasteiger partial charge in [-0.25, -0.2) is 0 Å². The molecule has 4 nitrogen and oxygen atoms in total. The molecule has 1 aromatic carbocycles. The van der Waals surface area contributed by atoms with Gasteiger partial charge in [0.15, 0.2) is 0 Å². The SMILES string of the molecule is CC(C)(C)COc1ccc(NCC(O)CO)cc1. The minimum Gasteiger partial charge on any atom is -0.493 e. The van der Waals surface area contributed by atoms with Crippen molar-refractivity contribution >= 4 is 5.69 Å². The van der Waals surface area contributed by atoms with Crippen LogP contribution in [0.25, 0.3) is 0 Å². The lowest BCUT2D eigenvalue weighted by atomic mass is 9.99. The average molecular weight is 253 g/mol. The molecule has 0 radical (unpaired) electrons. The molecule has 0 saturated carbocycles. The topological polar surface area (TPSA) is 61.7 Å². The van der Waals surface area contributed by atoms with E-state index in [0.717, 1.165) is 11.4 Å². The van der Waals surface area contributed by atoms with Gasteiger partial charge in [0.2, 0.25) is 0 Å². The number of hydrogen-bond donors (Lipinski definition) is 3. The van der Waals surface area contributed by atoms with Crippen LogP contribution in [0, 0.1) is 5.41 Å². The zero-order valence-corrected chi connectivity index (χ0v) is 11.3. The minimum atomic E-state index is -0.734. The molecule has 0 aromatic heterocycles. The molecular formula is C14H23NO3. The lowest BCUT2D eigenvalue weighted by Gasteiger charge is -2.19. The summed E-state index contributed by atoms with van der Waals surface area (Å²) in [7, 11) is 0. The van der Waals surface area contributed by atoms with Crippen LogP contribution >= 0.6 is 0 Å². The fraction of sp³-hybridized carbons (Fsp3) is 0.571. The second-order valence-corrected chi connectivity index (χ2v) is 5.59. The summed E-state index contributed by atoms with van der Waals surface area (Å²) in [6.07, 6.45) is -0.734. The summed E-state index contributed by atoms with van der Waals surface area (Å²) in [5.74, 6) is 0.832. The van der Waals surface area contributed by atoms with E-state index in [-0.39, 0.29) is 12.0 Å². The standard InChI is InChI=1S/C14H23NO3/c1-14(2,3)10-18-13-6-4-11(5-7-13)15-8-12(17)9-16/h4-7,12,15-17H,8-10H2,1-3H3. The van der Waals surface area contributed by atoms with E-state index < -0.39 is 6.10 Å². The average Bonchev–Trinajstić information content (AvgIpc) is 2.33. The maximum Gasteiger partial charge on any atom is 0.119 e. The highest BCUT2D eigenvalue weighted by Crippen LogP contribution is 2.19. The van der Waals surface area contributed by atoms with Crippen molar-refractivity contribution in [2.24, 2.45) is 5.41 Å². The molecule has 3 N–H and O–H groups in total. The van der Waals surface area contributed by atoms with Gasteiger partial charge >= 0.3 is 0 Å². The molecule has 0 amide bonds. The Morgan fingerprint density at radius 3 is 2.33 bits per heavy atom. The van der Waals surface area contributed by atoms with Gasteiger partial charge in [-0.05, 0) is 29.7 Å². The zero-order valence-electron chi connectivity index (χ0n) is 11.3. The van der Waals surface area contributed by atoms with Gasteiger partial charge in [0.25, 0.3) is 0 Å². The van der Waals surface area contributed by atoms with Crippen LogP contribution in [0.3, 0.4) is 0 Å². The third-order valence-electron chi connectivity index (χ3n) is 2.28. The van der Waals surface area contributed by atoms with Crippen molar-refractivity contribution < 1.29 is 14.9 Å². The van der Waals surface area contributed by atoms with E-state index in [1.165, 1.54) is 0 Å². The van der Waals surface area contributed by atoms with Gasteiger partial charge in [-0.1, -0.05) is 20.8 Å². The molecular weight excluding hydrogens is 230 g/mol. The number of nitrogens with one attached hydrogen (secondary N) is 1. The first kappa shape index (κ1) is 14.8. The van der Waals surface area contributed by atoms with E-state index in [4.69, 9.17) is 9.84 Å². The highest BCUT2D eigenvalue weighted by molar-refractivity contribution is 5.46. The third-order valence-corrected chi connectivity index (χ3v) is 2.28. The van der Waals surface area contributed by atoms with Gasteiger partial charge in [-0.15, -0.1) is 0 Å².